The molecule has 1 saturated heterocycles. The number of halogens is 1. The van der Waals surface area contributed by atoms with Gasteiger partial charge >= 0.3 is 0 Å². The summed E-state index contributed by atoms with van der Waals surface area (Å²) < 4.78 is 26.6. The van der Waals surface area contributed by atoms with Crippen molar-refractivity contribution in [3.8, 4) is 0 Å². The number of nitrogens with zero attached hydrogens (tertiary/aromatic N) is 3. The summed E-state index contributed by atoms with van der Waals surface area (Å²) in [5.41, 5.74) is 1.03. The first kappa shape index (κ1) is 23.2. The minimum absolute atomic E-state index is 0. The Morgan fingerprint density at radius 2 is 1.85 bits per heavy atom. The average Bonchev–Trinajstić information content (AvgIpc) is 3.16. The standard InChI is InChI=1S/C18H30N4O2S.HI/c1-4-5-12-21(3)18(19-2)20-15-16-8-10-17(11-9-16)25(23,24)22-13-6-7-14-22;/h8-11H,4-7,12-15H2,1-3H3,(H,19,20);1H. The second-order valence-corrected chi connectivity index (χ2v) is 8.37. The summed E-state index contributed by atoms with van der Waals surface area (Å²) in [6, 6.07) is 7.15. The highest BCUT2D eigenvalue weighted by molar-refractivity contribution is 14.0. The largest absolute Gasteiger partial charge is 0.352 e. The number of aliphatic imine (C=N–C) groups is 1. The van der Waals surface area contributed by atoms with E-state index in [1.807, 2.05) is 19.2 Å². The molecule has 1 aliphatic rings. The molecular weight excluding hydrogens is 463 g/mol. The number of guanidine groups is 1. The zero-order valence-corrected chi connectivity index (χ0v) is 19.1. The molecule has 1 fully saturated rings. The molecule has 0 unspecified atom stereocenters. The maximum atomic E-state index is 12.5. The van der Waals surface area contributed by atoms with Crippen LogP contribution in [0.2, 0.25) is 0 Å². The molecule has 0 atom stereocenters. The van der Waals surface area contributed by atoms with E-state index >= 15 is 0 Å². The van der Waals surface area contributed by atoms with Gasteiger partial charge in [-0.25, -0.2) is 8.42 Å². The van der Waals surface area contributed by atoms with Gasteiger partial charge in [0.05, 0.1) is 4.90 Å². The van der Waals surface area contributed by atoms with Crippen LogP contribution in [0.5, 0.6) is 0 Å². The highest BCUT2D eigenvalue weighted by Gasteiger charge is 2.26. The number of sulfonamides is 1. The van der Waals surface area contributed by atoms with Gasteiger partial charge in [0.15, 0.2) is 5.96 Å². The van der Waals surface area contributed by atoms with E-state index < -0.39 is 10.0 Å². The van der Waals surface area contributed by atoms with Gasteiger partial charge in [-0.15, -0.1) is 24.0 Å². The molecule has 26 heavy (non-hydrogen) atoms. The van der Waals surface area contributed by atoms with E-state index in [0.29, 0.717) is 24.5 Å². The van der Waals surface area contributed by atoms with Gasteiger partial charge < -0.3 is 10.2 Å². The van der Waals surface area contributed by atoms with Gasteiger partial charge in [0, 0.05) is 40.3 Å². The van der Waals surface area contributed by atoms with Crippen LogP contribution in [0, 0.1) is 0 Å². The van der Waals surface area contributed by atoms with Crippen LogP contribution < -0.4 is 5.32 Å². The predicted molar refractivity (Wildman–Crippen MR) is 118 cm³/mol. The summed E-state index contributed by atoms with van der Waals surface area (Å²) >= 11 is 0. The van der Waals surface area contributed by atoms with Gasteiger partial charge in [-0.1, -0.05) is 25.5 Å². The van der Waals surface area contributed by atoms with Crippen molar-refractivity contribution in [2.45, 2.75) is 44.0 Å². The van der Waals surface area contributed by atoms with Crippen molar-refractivity contribution in [2.24, 2.45) is 4.99 Å². The van der Waals surface area contributed by atoms with Crippen LogP contribution >= 0.6 is 24.0 Å². The topological polar surface area (TPSA) is 65.0 Å². The normalized spacial score (nSPS) is 15.6. The first-order valence-corrected chi connectivity index (χ1v) is 10.4. The molecule has 0 saturated carbocycles. The first-order chi connectivity index (χ1) is 12.0. The zero-order chi connectivity index (χ0) is 18.3. The van der Waals surface area contributed by atoms with Crippen molar-refractivity contribution < 1.29 is 8.42 Å². The second-order valence-electron chi connectivity index (χ2n) is 6.43. The molecule has 0 radical (unpaired) electrons. The highest BCUT2D eigenvalue weighted by atomic mass is 127. The Labute approximate surface area is 175 Å². The SMILES string of the molecule is CCCCN(C)C(=NC)NCc1ccc(S(=O)(=O)N2CCCC2)cc1.I. The molecule has 0 spiro atoms. The molecule has 1 N–H and O–H groups in total. The molecule has 1 aromatic rings. The lowest BCUT2D eigenvalue weighted by atomic mass is 10.2. The van der Waals surface area contributed by atoms with Crippen LogP contribution in [-0.4, -0.2) is 57.3 Å². The summed E-state index contributed by atoms with van der Waals surface area (Å²) in [5, 5.41) is 3.32. The Kier molecular flexibility index (Phi) is 9.88. The van der Waals surface area contributed by atoms with Gasteiger partial charge in [0.25, 0.3) is 0 Å². The van der Waals surface area contributed by atoms with Crippen molar-refractivity contribution in [1.29, 1.82) is 0 Å². The Morgan fingerprint density at radius 3 is 2.38 bits per heavy atom. The lowest BCUT2D eigenvalue weighted by Crippen LogP contribution is -2.38. The van der Waals surface area contributed by atoms with Crippen LogP contribution in [0.25, 0.3) is 0 Å². The molecular formula is C18H31IN4O2S. The quantitative estimate of drug-likeness (QED) is 0.360. The van der Waals surface area contributed by atoms with E-state index in [-0.39, 0.29) is 24.0 Å². The van der Waals surface area contributed by atoms with E-state index in [1.54, 1.807) is 23.5 Å². The van der Waals surface area contributed by atoms with Gasteiger partial charge in [-0.3, -0.25) is 4.99 Å². The fourth-order valence-electron chi connectivity index (χ4n) is 2.92. The summed E-state index contributed by atoms with van der Waals surface area (Å²) in [5.74, 6) is 0.849. The Balaban J connectivity index is 0.00000338. The van der Waals surface area contributed by atoms with Crippen molar-refractivity contribution in [2.75, 3.05) is 33.7 Å². The van der Waals surface area contributed by atoms with E-state index in [9.17, 15) is 8.42 Å². The second kappa shape index (κ2) is 11.1. The molecule has 1 heterocycles. The molecule has 148 valence electrons. The van der Waals surface area contributed by atoms with Gasteiger partial charge in [-0.05, 0) is 37.0 Å². The van der Waals surface area contributed by atoms with Crippen LogP contribution in [0.3, 0.4) is 0 Å². The zero-order valence-electron chi connectivity index (χ0n) is 15.9. The van der Waals surface area contributed by atoms with Crippen LogP contribution in [0.1, 0.15) is 38.2 Å². The lowest BCUT2D eigenvalue weighted by Gasteiger charge is -2.22. The molecule has 2 rings (SSSR count). The van der Waals surface area contributed by atoms with Crippen LogP contribution in [0.15, 0.2) is 34.2 Å². The van der Waals surface area contributed by atoms with E-state index in [0.717, 1.165) is 43.8 Å². The summed E-state index contributed by atoms with van der Waals surface area (Å²) in [4.78, 5) is 6.78. The number of unbranched alkanes of at least 4 members (excludes halogenated alkanes) is 1. The average molecular weight is 494 g/mol. The highest BCUT2D eigenvalue weighted by Crippen LogP contribution is 2.21. The smallest absolute Gasteiger partial charge is 0.243 e. The third kappa shape index (κ3) is 6.09. The maximum absolute atomic E-state index is 12.5. The monoisotopic (exact) mass is 494 g/mol. The van der Waals surface area contributed by atoms with Crippen LogP contribution in [-0.2, 0) is 16.6 Å². The third-order valence-corrected chi connectivity index (χ3v) is 6.41. The Morgan fingerprint density at radius 1 is 1.23 bits per heavy atom. The molecule has 0 amide bonds. The van der Waals surface area contributed by atoms with Crippen molar-refractivity contribution in [3.63, 3.8) is 0 Å². The molecule has 0 aromatic heterocycles. The molecule has 0 aliphatic carbocycles. The van der Waals surface area contributed by atoms with Gasteiger partial charge in [-0.2, -0.15) is 4.31 Å². The minimum Gasteiger partial charge on any atom is -0.352 e. The minimum atomic E-state index is -3.33. The van der Waals surface area contributed by atoms with Crippen molar-refractivity contribution in [3.05, 3.63) is 29.8 Å². The van der Waals surface area contributed by atoms with Crippen molar-refractivity contribution >= 4 is 40.0 Å². The fourth-order valence-corrected chi connectivity index (χ4v) is 4.44. The van der Waals surface area contributed by atoms with E-state index in [4.69, 9.17) is 0 Å². The number of hydrogen-bond donors (Lipinski definition) is 1. The number of nitrogens with one attached hydrogen (secondary N) is 1. The Bertz CT molecular complexity index is 671. The van der Waals surface area contributed by atoms with Crippen molar-refractivity contribution in [1.82, 2.24) is 14.5 Å². The molecule has 0 bridgehead atoms. The molecule has 1 aliphatic heterocycles. The maximum Gasteiger partial charge on any atom is 0.243 e. The first-order valence-electron chi connectivity index (χ1n) is 9.00. The third-order valence-electron chi connectivity index (χ3n) is 4.50. The number of hydrogen-bond acceptors (Lipinski definition) is 3. The van der Waals surface area contributed by atoms with E-state index in [2.05, 4.69) is 22.1 Å². The fraction of sp³-hybridized carbons (Fsp3) is 0.611. The van der Waals surface area contributed by atoms with Crippen LogP contribution in [0.4, 0.5) is 0 Å². The van der Waals surface area contributed by atoms with Gasteiger partial charge in [0.1, 0.15) is 0 Å². The Hall–Kier alpha value is -0.870. The molecule has 1 aromatic carbocycles. The number of benzene rings is 1. The molecule has 6 nitrogen and oxygen atoms in total. The summed E-state index contributed by atoms with van der Waals surface area (Å²) in [6.45, 7) is 5.01. The lowest BCUT2D eigenvalue weighted by molar-refractivity contribution is 0.464. The predicted octanol–water partition coefficient (Wildman–Crippen LogP) is 2.90. The summed E-state index contributed by atoms with van der Waals surface area (Å²) in [7, 11) is 0.465. The molecule has 8 heteroatoms. The summed E-state index contributed by atoms with van der Waals surface area (Å²) in [6.07, 6.45) is 4.17. The number of rotatable bonds is 7. The van der Waals surface area contributed by atoms with Gasteiger partial charge in [0.2, 0.25) is 10.0 Å². The van der Waals surface area contributed by atoms with E-state index in [1.165, 1.54) is 0 Å².